The van der Waals surface area contributed by atoms with E-state index in [0.29, 0.717) is 12.8 Å². The molecule has 0 rings (SSSR count). The summed E-state index contributed by atoms with van der Waals surface area (Å²) >= 11 is 0. The van der Waals surface area contributed by atoms with Crippen LogP contribution in [0.5, 0.6) is 0 Å². The molecule has 0 saturated heterocycles. The third-order valence-electron chi connectivity index (χ3n) is 2.41. The van der Waals surface area contributed by atoms with Crippen LogP contribution in [0, 0.1) is 0 Å². The lowest BCUT2D eigenvalue weighted by atomic mass is 10.1. The van der Waals surface area contributed by atoms with Crippen LogP contribution in [-0.2, 0) is 9.84 Å². The lowest BCUT2D eigenvalue weighted by molar-refractivity contribution is 0.157. The van der Waals surface area contributed by atoms with Gasteiger partial charge >= 0.3 is 0 Å². The normalized spacial score (nSPS) is 14.6. The number of sulfone groups is 1. The summed E-state index contributed by atoms with van der Waals surface area (Å²) in [5.41, 5.74) is 0. The Hall–Kier alpha value is -0.0900. The molecule has 0 spiro atoms. The molecule has 0 saturated carbocycles. The topological polar surface area (TPSA) is 54.4 Å². The van der Waals surface area contributed by atoms with Gasteiger partial charge in [0.15, 0.2) is 9.84 Å². The zero-order valence-electron chi connectivity index (χ0n) is 9.36. The van der Waals surface area contributed by atoms with E-state index in [1.165, 1.54) is 0 Å². The highest BCUT2D eigenvalue weighted by Crippen LogP contribution is 2.08. The fourth-order valence-corrected chi connectivity index (χ4v) is 2.20. The lowest BCUT2D eigenvalue weighted by Gasteiger charge is -2.09. The molecule has 0 heterocycles. The van der Waals surface area contributed by atoms with Gasteiger partial charge in [0.2, 0.25) is 0 Å². The van der Waals surface area contributed by atoms with Crippen molar-refractivity contribution in [2.24, 2.45) is 0 Å². The molecular formula is C10H22O3S. The quantitative estimate of drug-likeness (QED) is 0.668. The standard InChI is InChI=1S/C10H22O3S/c1-4-10(11)7-5-6-8-14(12,13)9(2)3/h9-11H,4-8H2,1-3H3. The maximum atomic E-state index is 11.4. The van der Waals surface area contributed by atoms with E-state index in [1.807, 2.05) is 6.92 Å². The minimum Gasteiger partial charge on any atom is -0.393 e. The van der Waals surface area contributed by atoms with Gasteiger partial charge < -0.3 is 5.11 Å². The summed E-state index contributed by atoms with van der Waals surface area (Å²) in [6.45, 7) is 5.34. The van der Waals surface area contributed by atoms with Gasteiger partial charge in [0.25, 0.3) is 0 Å². The Labute approximate surface area is 87.4 Å². The summed E-state index contributed by atoms with van der Waals surface area (Å²) in [6.07, 6.45) is 2.65. The molecule has 0 aromatic heterocycles. The highest BCUT2D eigenvalue weighted by molar-refractivity contribution is 7.91. The average Bonchev–Trinajstić information content (AvgIpc) is 2.11. The van der Waals surface area contributed by atoms with Crippen LogP contribution in [0.3, 0.4) is 0 Å². The minimum absolute atomic E-state index is 0.251. The Balaban J connectivity index is 3.65. The maximum absolute atomic E-state index is 11.4. The predicted molar refractivity (Wildman–Crippen MR) is 59.1 cm³/mol. The van der Waals surface area contributed by atoms with Crippen molar-refractivity contribution in [3.8, 4) is 0 Å². The zero-order valence-corrected chi connectivity index (χ0v) is 10.2. The second kappa shape index (κ2) is 6.40. The molecule has 4 heteroatoms. The Morgan fingerprint density at radius 3 is 2.21 bits per heavy atom. The Kier molecular flexibility index (Phi) is 6.36. The van der Waals surface area contributed by atoms with Crippen molar-refractivity contribution in [3.63, 3.8) is 0 Å². The molecule has 0 bridgehead atoms. The minimum atomic E-state index is -2.88. The van der Waals surface area contributed by atoms with Gasteiger partial charge in [-0.2, -0.15) is 0 Å². The zero-order chi connectivity index (χ0) is 11.2. The van der Waals surface area contributed by atoms with E-state index in [4.69, 9.17) is 0 Å². The molecular weight excluding hydrogens is 200 g/mol. The summed E-state index contributed by atoms with van der Waals surface area (Å²) in [5.74, 6) is 0.251. The molecule has 0 aliphatic heterocycles. The van der Waals surface area contributed by atoms with Crippen LogP contribution >= 0.6 is 0 Å². The summed E-state index contributed by atoms with van der Waals surface area (Å²) in [6, 6.07) is 0. The lowest BCUT2D eigenvalue weighted by Crippen LogP contribution is -2.18. The average molecular weight is 222 g/mol. The van der Waals surface area contributed by atoms with E-state index in [9.17, 15) is 13.5 Å². The van der Waals surface area contributed by atoms with Crippen LogP contribution in [0.4, 0.5) is 0 Å². The van der Waals surface area contributed by atoms with Crippen molar-refractivity contribution in [2.75, 3.05) is 5.75 Å². The SMILES string of the molecule is CCC(O)CCCCS(=O)(=O)C(C)C. The molecule has 1 unspecified atom stereocenters. The third kappa shape index (κ3) is 5.60. The van der Waals surface area contributed by atoms with Crippen LogP contribution in [0.25, 0.3) is 0 Å². The first-order valence-electron chi connectivity index (χ1n) is 5.29. The smallest absolute Gasteiger partial charge is 0.152 e. The molecule has 3 nitrogen and oxygen atoms in total. The van der Waals surface area contributed by atoms with Gasteiger partial charge in [-0.25, -0.2) is 8.42 Å². The second-order valence-corrected chi connectivity index (χ2v) is 6.65. The molecule has 0 fully saturated rings. The van der Waals surface area contributed by atoms with Crippen LogP contribution in [0.15, 0.2) is 0 Å². The van der Waals surface area contributed by atoms with E-state index < -0.39 is 9.84 Å². The molecule has 0 aliphatic rings. The van der Waals surface area contributed by atoms with E-state index >= 15 is 0 Å². The van der Waals surface area contributed by atoms with E-state index in [0.717, 1.165) is 12.8 Å². The fourth-order valence-electron chi connectivity index (χ4n) is 1.12. The van der Waals surface area contributed by atoms with Gasteiger partial charge in [0.05, 0.1) is 17.1 Å². The monoisotopic (exact) mass is 222 g/mol. The number of rotatable bonds is 7. The first-order chi connectivity index (χ1) is 6.40. The van der Waals surface area contributed by atoms with Crippen molar-refractivity contribution in [2.45, 2.75) is 57.8 Å². The highest BCUT2D eigenvalue weighted by Gasteiger charge is 2.15. The van der Waals surface area contributed by atoms with Crippen LogP contribution in [0.1, 0.15) is 46.5 Å². The first kappa shape index (κ1) is 13.9. The van der Waals surface area contributed by atoms with Gasteiger partial charge in [-0.3, -0.25) is 0 Å². The summed E-state index contributed by atoms with van der Waals surface area (Å²) < 4.78 is 22.8. The van der Waals surface area contributed by atoms with Crippen molar-refractivity contribution in [3.05, 3.63) is 0 Å². The first-order valence-corrected chi connectivity index (χ1v) is 7.01. The van der Waals surface area contributed by atoms with E-state index in [2.05, 4.69) is 0 Å². The molecule has 86 valence electrons. The van der Waals surface area contributed by atoms with E-state index in [-0.39, 0.29) is 17.1 Å². The Bertz CT molecular complexity index is 232. The summed E-state index contributed by atoms with van der Waals surface area (Å²) in [5, 5.41) is 8.97. The van der Waals surface area contributed by atoms with Crippen LogP contribution in [0.2, 0.25) is 0 Å². The number of aliphatic hydroxyl groups is 1. The Morgan fingerprint density at radius 2 is 1.79 bits per heavy atom. The van der Waals surface area contributed by atoms with Gasteiger partial charge in [0, 0.05) is 0 Å². The van der Waals surface area contributed by atoms with Crippen LogP contribution < -0.4 is 0 Å². The molecule has 0 radical (unpaired) electrons. The van der Waals surface area contributed by atoms with Crippen molar-refractivity contribution in [1.29, 1.82) is 0 Å². The van der Waals surface area contributed by atoms with Gasteiger partial charge in [-0.1, -0.05) is 6.92 Å². The van der Waals surface area contributed by atoms with Crippen molar-refractivity contribution < 1.29 is 13.5 Å². The fraction of sp³-hybridized carbons (Fsp3) is 1.00. The largest absolute Gasteiger partial charge is 0.393 e. The summed E-state index contributed by atoms with van der Waals surface area (Å²) in [7, 11) is -2.88. The molecule has 0 aromatic rings. The number of aliphatic hydroxyl groups excluding tert-OH is 1. The molecule has 1 atom stereocenters. The second-order valence-electron chi connectivity index (χ2n) is 3.97. The number of hydrogen-bond donors (Lipinski definition) is 1. The molecule has 0 aromatic carbocycles. The van der Waals surface area contributed by atoms with Crippen molar-refractivity contribution >= 4 is 9.84 Å². The van der Waals surface area contributed by atoms with Gasteiger partial charge in [0.1, 0.15) is 0 Å². The number of unbranched alkanes of at least 4 members (excludes halogenated alkanes) is 1. The summed E-state index contributed by atoms with van der Waals surface area (Å²) in [4.78, 5) is 0. The third-order valence-corrected chi connectivity index (χ3v) is 4.70. The molecule has 1 N–H and O–H groups in total. The Morgan fingerprint density at radius 1 is 1.21 bits per heavy atom. The number of hydrogen-bond acceptors (Lipinski definition) is 3. The van der Waals surface area contributed by atoms with Gasteiger partial charge in [-0.15, -0.1) is 0 Å². The highest BCUT2D eigenvalue weighted by atomic mass is 32.2. The molecule has 0 amide bonds. The maximum Gasteiger partial charge on any atom is 0.152 e. The van der Waals surface area contributed by atoms with Crippen molar-refractivity contribution in [1.82, 2.24) is 0 Å². The molecule has 14 heavy (non-hydrogen) atoms. The van der Waals surface area contributed by atoms with Crippen LogP contribution in [-0.4, -0.2) is 30.6 Å². The van der Waals surface area contributed by atoms with Gasteiger partial charge in [-0.05, 0) is 39.5 Å². The predicted octanol–water partition coefficient (Wildman–Crippen LogP) is 1.75. The molecule has 0 aliphatic carbocycles. The van der Waals surface area contributed by atoms with E-state index in [1.54, 1.807) is 13.8 Å².